The number of esters is 1. The van der Waals surface area contributed by atoms with Gasteiger partial charge in [-0.1, -0.05) is 26.0 Å². The molecule has 21 heavy (non-hydrogen) atoms. The number of methoxy groups -OCH3 is 1. The molecule has 0 atom stereocenters. The van der Waals surface area contributed by atoms with Crippen LogP contribution in [-0.2, 0) is 11.3 Å². The highest BCUT2D eigenvalue weighted by Crippen LogP contribution is 2.28. The average molecular weight is 288 g/mol. The highest BCUT2D eigenvalue weighted by Gasteiger charge is 2.13. The van der Waals surface area contributed by atoms with Gasteiger partial charge in [-0.3, -0.25) is 0 Å². The molecule has 0 fully saturated rings. The van der Waals surface area contributed by atoms with E-state index in [0.717, 1.165) is 16.9 Å². The number of furan rings is 1. The molecule has 0 amide bonds. The van der Waals surface area contributed by atoms with Gasteiger partial charge < -0.3 is 13.9 Å². The average Bonchev–Trinajstić information content (AvgIpc) is 2.93. The summed E-state index contributed by atoms with van der Waals surface area (Å²) in [5.41, 5.74) is 2.30. The summed E-state index contributed by atoms with van der Waals surface area (Å²) in [6.45, 7) is 6.55. The zero-order chi connectivity index (χ0) is 15.4. The van der Waals surface area contributed by atoms with Crippen molar-refractivity contribution in [2.24, 2.45) is 0 Å². The lowest BCUT2D eigenvalue weighted by molar-refractivity contribution is 0.0561. The molecule has 0 spiro atoms. The van der Waals surface area contributed by atoms with Gasteiger partial charge in [-0.25, -0.2) is 4.79 Å². The lowest BCUT2D eigenvalue weighted by atomic mass is 10.0. The van der Waals surface area contributed by atoms with E-state index in [0.29, 0.717) is 11.7 Å². The summed E-state index contributed by atoms with van der Waals surface area (Å²) in [7, 11) is 1.32. The van der Waals surface area contributed by atoms with Crippen LogP contribution in [0.5, 0.6) is 5.75 Å². The van der Waals surface area contributed by atoms with Crippen LogP contribution in [0, 0.1) is 6.92 Å². The highest BCUT2D eigenvalue weighted by atomic mass is 16.5. The Bertz CT molecular complexity index is 625. The van der Waals surface area contributed by atoms with Crippen LogP contribution in [0.4, 0.5) is 0 Å². The zero-order valence-electron chi connectivity index (χ0n) is 12.8. The number of rotatable bonds is 5. The molecule has 0 radical (unpaired) electrons. The molecule has 2 aromatic rings. The first-order valence-electron chi connectivity index (χ1n) is 6.91. The lowest BCUT2D eigenvalue weighted by Crippen LogP contribution is -2.00. The van der Waals surface area contributed by atoms with Gasteiger partial charge in [-0.05, 0) is 42.2 Å². The van der Waals surface area contributed by atoms with E-state index in [9.17, 15) is 4.79 Å². The number of hydrogen-bond donors (Lipinski definition) is 0. The minimum absolute atomic E-state index is 0.185. The fourth-order valence-corrected chi connectivity index (χ4v) is 2.06. The van der Waals surface area contributed by atoms with E-state index in [1.54, 1.807) is 12.1 Å². The lowest BCUT2D eigenvalue weighted by Gasteiger charge is -2.14. The molecule has 0 bridgehead atoms. The van der Waals surface area contributed by atoms with Gasteiger partial charge in [0, 0.05) is 0 Å². The van der Waals surface area contributed by atoms with Crippen molar-refractivity contribution in [3.63, 3.8) is 0 Å². The van der Waals surface area contributed by atoms with Crippen molar-refractivity contribution in [1.29, 1.82) is 0 Å². The van der Waals surface area contributed by atoms with Crippen LogP contribution in [0.25, 0.3) is 0 Å². The van der Waals surface area contributed by atoms with Gasteiger partial charge in [0.1, 0.15) is 18.1 Å². The molecule has 1 aromatic carbocycles. The Morgan fingerprint density at radius 3 is 2.67 bits per heavy atom. The second-order valence-corrected chi connectivity index (χ2v) is 5.24. The molecule has 112 valence electrons. The Morgan fingerprint density at radius 1 is 1.24 bits per heavy atom. The molecule has 1 heterocycles. The van der Waals surface area contributed by atoms with Gasteiger partial charge in [0.2, 0.25) is 5.76 Å². The molecule has 0 aliphatic carbocycles. The Balaban J connectivity index is 2.11. The molecule has 1 aromatic heterocycles. The quantitative estimate of drug-likeness (QED) is 0.778. The number of ether oxygens (including phenoxy) is 2. The topological polar surface area (TPSA) is 48.7 Å². The van der Waals surface area contributed by atoms with E-state index in [1.807, 2.05) is 13.0 Å². The number of carbonyl (C=O) groups is 1. The van der Waals surface area contributed by atoms with Crippen molar-refractivity contribution >= 4 is 5.97 Å². The van der Waals surface area contributed by atoms with Crippen molar-refractivity contribution < 1.29 is 18.7 Å². The minimum atomic E-state index is -0.486. The summed E-state index contributed by atoms with van der Waals surface area (Å²) in [6, 6.07) is 9.47. The van der Waals surface area contributed by atoms with E-state index >= 15 is 0 Å². The monoisotopic (exact) mass is 288 g/mol. The van der Waals surface area contributed by atoms with Crippen molar-refractivity contribution in [2.45, 2.75) is 33.3 Å². The standard InChI is InChI=1S/C17H20O4/c1-11(2)14-7-5-12(3)9-16(14)20-10-13-6-8-15(21-13)17(18)19-4/h5-9,11H,10H2,1-4H3. The third-order valence-corrected chi connectivity index (χ3v) is 3.21. The molecule has 0 aliphatic heterocycles. The molecule has 0 aliphatic rings. The fourth-order valence-electron chi connectivity index (χ4n) is 2.06. The van der Waals surface area contributed by atoms with Crippen molar-refractivity contribution in [1.82, 2.24) is 0 Å². The fraction of sp³-hybridized carbons (Fsp3) is 0.353. The predicted molar refractivity (Wildman–Crippen MR) is 79.6 cm³/mol. The van der Waals surface area contributed by atoms with Crippen LogP contribution < -0.4 is 4.74 Å². The van der Waals surface area contributed by atoms with Crippen LogP contribution in [0.2, 0.25) is 0 Å². The maximum atomic E-state index is 11.3. The van der Waals surface area contributed by atoms with E-state index in [2.05, 4.69) is 30.7 Å². The van der Waals surface area contributed by atoms with E-state index < -0.39 is 5.97 Å². The second-order valence-electron chi connectivity index (χ2n) is 5.24. The highest BCUT2D eigenvalue weighted by molar-refractivity contribution is 5.86. The van der Waals surface area contributed by atoms with E-state index in [1.165, 1.54) is 7.11 Å². The Morgan fingerprint density at radius 2 is 2.00 bits per heavy atom. The molecular weight excluding hydrogens is 268 g/mol. The Kier molecular flexibility index (Phi) is 4.68. The molecule has 0 unspecified atom stereocenters. The van der Waals surface area contributed by atoms with Gasteiger partial charge in [0.15, 0.2) is 0 Å². The molecule has 0 saturated carbocycles. The number of aryl methyl sites for hydroxylation is 1. The smallest absolute Gasteiger partial charge is 0.373 e. The summed E-state index contributed by atoms with van der Waals surface area (Å²) in [5, 5.41) is 0. The minimum Gasteiger partial charge on any atom is -0.485 e. The zero-order valence-corrected chi connectivity index (χ0v) is 12.8. The molecule has 2 rings (SSSR count). The Labute approximate surface area is 124 Å². The van der Waals surface area contributed by atoms with Crippen LogP contribution in [0.1, 0.15) is 47.2 Å². The maximum Gasteiger partial charge on any atom is 0.373 e. The SMILES string of the molecule is COC(=O)c1ccc(COc2cc(C)ccc2C(C)C)o1. The largest absolute Gasteiger partial charge is 0.485 e. The van der Waals surface area contributed by atoms with Gasteiger partial charge >= 0.3 is 5.97 Å². The number of hydrogen-bond acceptors (Lipinski definition) is 4. The first kappa shape index (κ1) is 15.2. The molecule has 4 nitrogen and oxygen atoms in total. The maximum absolute atomic E-state index is 11.3. The first-order valence-corrected chi connectivity index (χ1v) is 6.91. The molecular formula is C17H20O4. The van der Waals surface area contributed by atoms with E-state index in [4.69, 9.17) is 9.15 Å². The summed E-state index contributed by atoms with van der Waals surface area (Å²) in [4.78, 5) is 11.3. The van der Waals surface area contributed by atoms with Gasteiger partial charge in [-0.2, -0.15) is 0 Å². The molecule has 4 heteroatoms. The van der Waals surface area contributed by atoms with Gasteiger partial charge in [-0.15, -0.1) is 0 Å². The van der Waals surface area contributed by atoms with Crippen molar-refractivity contribution in [3.8, 4) is 5.75 Å². The summed E-state index contributed by atoms with van der Waals surface area (Å²) in [6.07, 6.45) is 0. The van der Waals surface area contributed by atoms with E-state index in [-0.39, 0.29) is 12.4 Å². The normalized spacial score (nSPS) is 10.7. The molecule has 0 N–H and O–H groups in total. The Hall–Kier alpha value is -2.23. The summed E-state index contributed by atoms with van der Waals surface area (Å²) >= 11 is 0. The van der Waals surface area contributed by atoms with Crippen LogP contribution in [0.15, 0.2) is 34.7 Å². The van der Waals surface area contributed by atoms with Gasteiger partial charge in [0.25, 0.3) is 0 Å². The third-order valence-electron chi connectivity index (χ3n) is 3.21. The first-order chi connectivity index (χ1) is 10.0. The number of carbonyl (C=O) groups excluding carboxylic acids is 1. The molecule has 0 saturated heterocycles. The van der Waals surface area contributed by atoms with Gasteiger partial charge in [0.05, 0.1) is 7.11 Å². The van der Waals surface area contributed by atoms with Crippen LogP contribution in [0.3, 0.4) is 0 Å². The summed E-state index contributed by atoms with van der Waals surface area (Å²) < 4.78 is 15.8. The van der Waals surface area contributed by atoms with Crippen molar-refractivity contribution in [2.75, 3.05) is 7.11 Å². The second kappa shape index (κ2) is 6.48. The summed E-state index contributed by atoms with van der Waals surface area (Å²) in [5.74, 6) is 1.51. The van der Waals surface area contributed by atoms with Crippen LogP contribution >= 0.6 is 0 Å². The third kappa shape index (κ3) is 3.66. The predicted octanol–water partition coefficient (Wildman–Crippen LogP) is 4.08. The van der Waals surface area contributed by atoms with Crippen molar-refractivity contribution in [3.05, 3.63) is 53.0 Å². The number of benzene rings is 1. The van der Waals surface area contributed by atoms with Crippen LogP contribution in [-0.4, -0.2) is 13.1 Å².